The second kappa shape index (κ2) is 6.33. The summed E-state index contributed by atoms with van der Waals surface area (Å²) in [4.78, 5) is 25.7. The third kappa shape index (κ3) is 4.70. The molecule has 0 bridgehead atoms. The number of amides is 1. The third-order valence-electron chi connectivity index (χ3n) is 2.18. The topological polar surface area (TPSA) is 97.2 Å². The normalized spacial score (nSPS) is 12.1. The van der Waals surface area contributed by atoms with Gasteiger partial charge in [0.25, 0.3) is 5.69 Å². The molecule has 0 aliphatic carbocycles. The predicted octanol–water partition coefficient (Wildman–Crippen LogP) is 1.97. The highest BCUT2D eigenvalue weighted by Crippen LogP contribution is 2.20. The Morgan fingerprint density at radius 2 is 2.05 bits per heavy atom. The van der Waals surface area contributed by atoms with E-state index in [1.165, 1.54) is 6.07 Å². The molecule has 1 aromatic heterocycles. The molecule has 0 saturated heterocycles. The van der Waals surface area contributed by atoms with Gasteiger partial charge in [-0.3, -0.25) is 14.9 Å². The minimum atomic E-state index is -0.576. The first kappa shape index (κ1) is 15.2. The molecule has 104 valence electrons. The summed E-state index contributed by atoms with van der Waals surface area (Å²) in [7, 11) is 0. The van der Waals surface area contributed by atoms with E-state index in [4.69, 9.17) is 11.6 Å². The molecule has 0 spiro atoms. The SMILES string of the molecule is CC(C)NC(=O)C(C)Nc1cc([N+](=O)[O-])cc(Cl)n1. The Bertz CT molecular complexity index is 493. The molecule has 1 amide bonds. The molecule has 0 radical (unpaired) electrons. The van der Waals surface area contributed by atoms with Crippen molar-refractivity contribution in [2.24, 2.45) is 0 Å². The van der Waals surface area contributed by atoms with E-state index >= 15 is 0 Å². The lowest BCUT2D eigenvalue weighted by atomic mass is 10.2. The highest BCUT2D eigenvalue weighted by molar-refractivity contribution is 6.29. The number of carbonyl (C=O) groups excluding carboxylic acids is 1. The van der Waals surface area contributed by atoms with Crippen LogP contribution < -0.4 is 10.6 Å². The zero-order chi connectivity index (χ0) is 14.6. The number of halogens is 1. The minimum Gasteiger partial charge on any atom is -0.358 e. The summed E-state index contributed by atoms with van der Waals surface area (Å²) in [6, 6.07) is 1.81. The summed E-state index contributed by atoms with van der Waals surface area (Å²) in [5.41, 5.74) is -0.182. The van der Waals surface area contributed by atoms with E-state index in [-0.39, 0.29) is 28.6 Å². The summed E-state index contributed by atoms with van der Waals surface area (Å²) in [6.45, 7) is 5.31. The van der Waals surface area contributed by atoms with E-state index in [0.29, 0.717) is 0 Å². The molecule has 1 aromatic rings. The predicted molar refractivity (Wildman–Crippen MR) is 72.3 cm³/mol. The Kier molecular flexibility index (Phi) is 5.05. The standard InChI is InChI=1S/C11H15ClN4O3/c1-6(2)13-11(17)7(3)14-10-5-8(16(18)19)4-9(12)15-10/h4-7H,1-3H3,(H,13,17)(H,14,15). The molecule has 1 unspecified atom stereocenters. The Morgan fingerprint density at radius 1 is 1.42 bits per heavy atom. The number of aromatic nitrogens is 1. The molecule has 19 heavy (non-hydrogen) atoms. The number of hydrogen-bond acceptors (Lipinski definition) is 5. The second-order valence-corrected chi connectivity index (χ2v) is 4.71. The summed E-state index contributed by atoms with van der Waals surface area (Å²) in [6.07, 6.45) is 0. The van der Waals surface area contributed by atoms with E-state index < -0.39 is 11.0 Å². The maximum atomic E-state index is 11.7. The van der Waals surface area contributed by atoms with Gasteiger partial charge in [0, 0.05) is 6.04 Å². The first-order valence-electron chi connectivity index (χ1n) is 5.68. The lowest BCUT2D eigenvalue weighted by molar-refractivity contribution is -0.384. The number of nitro groups is 1. The van der Waals surface area contributed by atoms with Crippen LogP contribution in [0.3, 0.4) is 0 Å². The maximum Gasteiger partial charge on any atom is 0.276 e. The van der Waals surface area contributed by atoms with Crippen LogP contribution in [-0.4, -0.2) is 27.9 Å². The Morgan fingerprint density at radius 3 is 2.58 bits per heavy atom. The van der Waals surface area contributed by atoms with Gasteiger partial charge in [-0.15, -0.1) is 0 Å². The van der Waals surface area contributed by atoms with Gasteiger partial charge >= 0.3 is 0 Å². The van der Waals surface area contributed by atoms with E-state index in [9.17, 15) is 14.9 Å². The van der Waals surface area contributed by atoms with Crippen molar-refractivity contribution in [3.05, 3.63) is 27.4 Å². The molecule has 0 saturated carbocycles. The largest absolute Gasteiger partial charge is 0.358 e. The number of hydrogen-bond donors (Lipinski definition) is 2. The van der Waals surface area contributed by atoms with Crippen LogP contribution in [0.25, 0.3) is 0 Å². The molecule has 1 atom stereocenters. The average molecular weight is 287 g/mol. The van der Waals surface area contributed by atoms with Gasteiger partial charge in [-0.25, -0.2) is 4.98 Å². The maximum absolute atomic E-state index is 11.7. The molecule has 2 N–H and O–H groups in total. The molecule has 0 aliphatic heterocycles. The summed E-state index contributed by atoms with van der Waals surface area (Å²) < 4.78 is 0. The second-order valence-electron chi connectivity index (χ2n) is 4.32. The first-order valence-corrected chi connectivity index (χ1v) is 6.06. The van der Waals surface area contributed by atoms with Crippen LogP contribution in [0.1, 0.15) is 20.8 Å². The van der Waals surface area contributed by atoms with Crippen LogP contribution in [0.5, 0.6) is 0 Å². The molecule has 0 aromatic carbocycles. The minimum absolute atomic E-state index is 0.00633. The van der Waals surface area contributed by atoms with Crippen LogP contribution in [-0.2, 0) is 4.79 Å². The van der Waals surface area contributed by atoms with Crippen LogP contribution in [0.4, 0.5) is 11.5 Å². The summed E-state index contributed by atoms with van der Waals surface area (Å²) >= 11 is 5.69. The first-order chi connectivity index (χ1) is 8.79. The molecule has 7 nitrogen and oxygen atoms in total. The van der Waals surface area contributed by atoms with Crippen LogP contribution >= 0.6 is 11.6 Å². The molecular formula is C11H15ClN4O3. The number of rotatable bonds is 5. The Labute approximate surface area is 115 Å². The van der Waals surface area contributed by atoms with Gasteiger partial charge in [0.15, 0.2) is 0 Å². The Balaban J connectivity index is 2.81. The highest BCUT2D eigenvalue weighted by Gasteiger charge is 2.16. The molecule has 0 fully saturated rings. The highest BCUT2D eigenvalue weighted by atomic mass is 35.5. The van der Waals surface area contributed by atoms with E-state index in [1.54, 1.807) is 6.92 Å². The lowest BCUT2D eigenvalue weighted by Crippen LogP contribution is -2.41. The summed E-state index contributed by atoms with van der Waals surface area (Å²) in [5, 5.41) is 16.2. The van der Waals surface area contributed by atoms with Gasteiger partial charge in [-0.2, -0.15) is 0 Å². The van der Waals surface area contributed by atoms with Crippen molar-refractivity contribution in [2.45, 2.75) is 32.9 Å². The average Bonchev–Trinajstić information content (AvgIpc) is 2.26. The number of nitrogens with one attached hydrogen (secondary N) is 2. The van der Waals surface area contributed by atoms with Crippen molar-refractivity contribution in [2.75, 3.05) is 5.32 Å². The lowest BCUT2D eigenvalue weighted by Gasteiger charge is -2.16. The number of pyridine rings is 1. The number of carbonyl (C=O) groups is 1. The van der Waals surface area contributed by atoms with E-state index in [2.05, 4.69) is 15.6 Å². The van der Waals surface area contributed by atoms with Crippen molar-refractivity contribution in [3.8, 4) is 0 Å². The molecule has 1 rings (SSSR count). The zero-order valence-electron chi connectivity index (χ0n) is 10.8. The van der Waals surface area contributed by atoms with Gasteiger partial charge in [0.1, 0.15) is 17.0 Å². The fourth-order valence-electron chi connectivity index (χ4n) is 1.36. The van der Waals surface area contributed by atoms with Gasteiger partial charge in [-0.1, -0.05) is 11.6 Å². The number of nitrogens with zero attached hydrogens (tertiary/aromatic N) is 2. The van der Waals surface area contributed by atoms with Crippen molar-refractivity contribution < 1.29 is 9.72 Å². The van der Waals surface area contributed by atoms with Crippen LogP contribution in [0.2, 0.25) is 5.15 Å². The smallest absolute Gasteiger partial charge is 0.276 e. The zero-order valence-corrected chi connectivity index (χ0v) is 11.6. The molecule has 0 aliphatic rings. The van der Waals surface area contributed by atoms with Crippen molar-refractivity contribution in [1.82, 2.24) is 10.3 Å². The van der Waals surface area contributed by atoms with Crippen LogP contribution in [0.15, 0.2) is 12.1 Å². The van der Waals surface area contributed by atoms with E-state index in [0.717, 1.165) is 6.07 Å². The van der Waals surface area contributed by atoms with E-state index in [1.807, 2.05) is 13.8 Å². The number of anilines is 1. The molecule has 8 heteroatoms. The third-order valence-corrected chi connectivity index (χ3v) is 2.37. The van der Waals surface area contributed by atoms with Crippen molar-refractivity contribution in [3.63, 3.8) is 0 Å². The fraction of sp³-hybridized carbons (Fsp3) is 0.455. The van der Waals surface area contributed by atoms with Gasteiger partial charge in [0.2, 0.25) is 5.91 Å². The van der Waals surface area contributed by atoms with Crippen LogP contribution in [0, 0.1) is 10.1 Å². The summed E-state index contributed by atoms with van der Waals surface area (Å²) in [5.74, 6) is -0.0370. The van der Waals surface area contributed by atoms with Crippen molar-refractivity contribution >= 4 is 29.0 Å². The van der Waals surface area contributed by atoms with Gasteiger partial charge in [-0.05, 0) is 20.8 Å². The van der Waals surface area contributed by atoms with Gasteiger partial charge < -0.3 is 10.6 Å². The van der Waals surface area contributed by atoms with Crippen molar-refractivity contribution in [1.29, 1.82) is 0 Å². The molecule has 1 heterocycles. The molecular weight excluding hydrogens is 272 g/mol. The Hall–Kier alpha value is -1.89. The van der Waals surface area contributed by atoms with Gasteiger partial charge in [0.05, 0.1) is 17.1 Å². The quantitative estimate of drug-likeness (QED) is 0.490. The fourth-order valence-corrected chi connectivity index (χ4v) is 1.56. The monoisotopic (exact) mass is 286 g/mol.